The van der Waals surface area contributed by atoms with Crippen LogP contribution in [0.15, 0.2) is 48.5 Å². The van der Waals surface area contributed by atoms with Crippen LogP contribution in [-0.2, 0) is 11.3 Å². The first-order chi connectivity index (χ1) is 10.1. The molecule has 1 amide bonds. The quantitative estimate of drug-likeness (QED) is 0.913. The SMILES string of the molecule is Cc1cccc(O[C@@H](C)C(=O)NCc2ccccc2C)c1. The number of aryl methyl sites for hydroxylation is 2. The van der Waals surface area contributed by atoms with Crippen molar-refractivity contribution in [3.8, 4) is 5.75 Å². The third kappa shape index (κ3) is 4.35. The molecule has 0 saturated heterocycles. The van der Waals surface area contributed by atoms with Crippen molar-refractivity contribution in [2.75, 3.05) is 0 Å². The fourth-order valence-corrected chi connectivity index (χ4v) is 2.08. The molecular formula is C18H21NO2. The maximum absolute atomic E-state index is 12.1. The van der Waals surface area contributed by atoms with Gasteiger partial charge >= 0.3 is 0 Å². The van der Waals surface area contributed by atoms with E-state index in [9.17, 15) is 4.79 Å². The average molecular weight is 283 g/mol. The second kappa shape index (κ2) is 6.93. The van der Waals surface area contributed by atoms with Gasteiger partial charge in [0.2, 0.25) is 0 Å². The largest absolute Gasteiger partial charge is 0.481 e. The van der Waals surface area contributed by atoms with Gasteiger partial charge in [0.25, 0.3) is 5.91 Å². The summed E-state index contributed by atoms with van der Waals surface area (Å²) in [5.41, 5.74) is 3.40. The normalized spacial score (nSPS) is 11.8. The van der Waals surface area contributed by atoms with Crippen LogP contribution in [0.25, 0.3) is 0 Å². The lowest BCUT2D eigenvalue weighted by Gasteiger charge is -2.15. The molecule has 0 unspecified atom stereocenters. The Labute approximate surface area is 126 Å². The molecular weight excluding hydrogens is 262 g/mol. The van der Waals surface area contributed by atoms with E-state index in [1.807, 2.05) is 62.4 Å². The summed E-state index contributed by atoms with van der Waals surface area (Å²) in [5.74, 6) is 0.605. The number of hydrogen-bond acceptors (Lipinski definition) is 2. The molecule has 21 heavy (non-hydrogen) atoms. The predicted molar refractivity (Wildman–Crippen MR) is 84.3 cm³/mol. The minimum atomic E-state index is -0.518. The minimum Gasteiger partial charge on any atom is -0.481 e. The van der Waals surface area contributed by atoms with Crippen LogP contribution >= 0.6 is 0 Å². The van der Waals surface area contributed by atoms with E-state index in [0.29, 0.717) is 12.3 Å². The molecule has 1 atom stereocenters. The summed E-state index contributed by atoms with van der Waals surface area (Å²) in [5, 5.41) is 2.91. The molecule has 1 N–H and O–H groups in total. The van der Waals surface area contributed by atoms with Crippen molar-refractivity contribution in [1.82, 2.24) is 5.32 Å². The molecule has 2 rings (SSSR count). The van der Waals surface area contributed by atoms with Crippen molar-refractivity contribution < 1.29 is 9.53 Å². The molecule has 0 bridgehead atoms. The van der Waals surface area contributed by atoms with Gasteiger partial charge in [-0.2, -0.15) is 0 Å². The Morgan fingerprint density at radius 3 is 2.62 bits per heavy atom. The number of hydrogen-bond donors (Lipinski definition) is 1. The highest BCUT2D eigenvalue weighted by Crippen LogP contribution is 2.14. The van der Waals surface area contributed by atoms with Crippen molar-refractivity contribution in [2.45, 2.75) is 33.4 Å². The van der Waals surface area contributed by atoms with Crippen LogP contribution in [0, 0.1) is 13.8 Å². The van der Waals surface area contributed by atoms with Gasteiger partial charge < -0.3 is 10.1 Å². The highest BCUT2D eigenvalue weighted by Gasteiger charge is 2.14. The minimum absolute atomic E-state index is 0.111. The third-order valence-electron chi connectivity index (χ3n) is 3.39. The Hall–Kier alpha value is -2.29. The Bertz CT molecular complexity index is 622. The molecule has 0 aliphatic rings. The molecule has 110 valence electrons. The van der Waals surface area contributed by atoms with Crippen LogP contribution in [0.4, 0.5) is 0 Å². The highest BCUT2D eigenvalue weighted by molar-refractivity contribution is 5.80. The summed E-state index contributed by atoms with van der Waals surface area (Å²) < 4.78 is 5.66. The van der Waals surface area contributed by atoms with Crippen LogP contribution in [0.5, 0.6) is 5.75 Å². The first-order valence-corrected chi connectivity index (χ1v) is 7.12. The van der Waals surface area contributed by atoms with E-state index in [0.717, 1.165) is 11.1 Å². The monoisotopic (exact) mass is 283 g/mol. The first kappa shape index (κ1) is 15.1. The topological polar surface area (TPSA) is 38.3 Å². The van der Waals surface area contributed by atoms with Crippen LogP contribution in [-0.4, -0.2) is 12.0 Å². The fourth-order valence-electron chi connectivity index (χ4n) is 2.08. The highest BCUT2D eigenvalue weighted by atomic mass is 16.5. The molecule has 0 heterocycles. The number of rotatable bonds is 5. The van der Waals surface area contributed by atoms with Crippen molar-refractivity contribution in [2.24, 2.45) is 0 Å². The smallest absolute Gasteiger partial charge is 0.261 e. The summed E-state index contributed by atoms with van der Waals surface area (Å²) >= 11 is 0. The molecule has 0 radical (unpaired) electrons. The number of nitrogens with one attached hydrogen (secondary N) is 1. The lowest BCUT2D eigenvalue weighted by atomic mass is 10.1. The molecule has 0 spiro atoms. The van der Waals surface area contributed by atoms with Gasteiger partial charge in [-0.25, -0.2) is 0 Å². The fraction of sp³-hybridized carbons (Fsp3) is 0.278. The Morgan fingerprint density at radius 1 is 1.14 bits per heavy atom. The van der Waals surface area contributed by atoms with Gasteiger partial charge in [-0.05, 0) is 49.6 Å². The molecule has 0 aliphatic heterocycles. The van der Waals surface area contributed by atoms with Gasteiger partial charge in [0.05, 0.1) is 0 Å². The number of carbonyl (C=O) groups is 1. The molecule has 0 fully saturated rings. The van der Waals surface area contributed by atoms with Crippen molar-refractivity contribution >= 4 is 5.91 Å². The molecule has 3 heteroatoms. The zero-order valence-corrected chi connectivity index (χ0v) is 12.7. The molecule has 0 aromatic heterocycles. The van der Waals surface area contributed by atoms with Gasteiger partial charge in [-0.15, -0.1) is 0 Å². The molecule has 0 aliphatic carbocycles. The van der Waals surface area contributed by atoms with E-state index >= 15 is 0 Å². The number of ether oxygens (including phenoxy) is 1. The van der Waals surface area contributed by atoms with Gasteiger partial charge in [0.15, 0.2) is 6.10 Å². The first-order valence-electron chi connectivity index (χ1n) is 7.12. The van der Waals surface area contributed by atoms with Crippen molar-refractivity contribution in [1.29, 1.82) is 0 Å². The zero-order valence-electron chi connectivity index (χ0n) is 12.7. The summed E-state index contributed by atoms with van der Waals surface area (Å²) in [6, 6.07) is 15.7. The van der Waals surface area contributed by atoms with Gasteiger partial charge in [0, 0.05) is 6.54 Å². The van der Waals surface area contributed by atoms with Crippen LogP contribution in [0.1, 0.15) is 23.6 Å². The maximum atomic E-state index is 12.1. The lowest BCUT2D eigenvalue weighted by Crippen LogP contribution is -2.36. The van der Waals surface area contributed by atoms with E-state index in [-0.39, 0.29) is 5.91 Å². The Balaban J connectivity index is 1.90. The van der Waals surface area contributed by atoms with Crippen LogP contribution in [0.2, 0.25) is 0 Å². The summed E-state index contributed by atoms with van der Waals surface area (Å²) in [6.45, 7) is 6.31. The number of amides is 1. The van der Waals surface area contributed by atoms with Crippen LogP contribution < -0.4 is 10.1 Å². The summed E-state index contributed by atoms with van der Waals surface area (Å²) in [6.07, 6.45) is -0.518. The third-order valence-corrected chi connectivity index (χ3v) is 3.39. The van der Waals surface area contributed by atoms with E-state index in [1.165, 1.54) is 5.56 Å². The summed E-state index contributed by atoms with van der Waals surface area (Å²) in [7, 11) is 0. The summed E-state index contributed by atoms with van der Waals surface area (Å²) in [4.78, 5) is 12.1. The lowest BCUT2D eigenvalue weighted by molar-refractivity contribution is -0.127. The average Bonchev–Trinajstić information content (AvgIpc) is 2.46. The number of benzene rings is 2. The second-order valence-electron chi connectivity index (χ2n) is 5.22. The van der Waals surface area contributed by atoms with Gasteiger partial charge in [-0.3, -0.25) is 4.79 Å². The second-order valence-corrected chi connectivity index (χ2v) is 5.22. The van der Waals surface area contributed by atoms with E-state index < -0.39 is 6.10 Å². The molecule has 2 aromatic rings. The predicted octanol–water partition coefficient (Wildman–Crippen LogP) is 3.39. The van der Waals surface area contributed by atoms with Crippen LogP contribution in [0.3, 0.4) is 0 Å². The molecule has 2 aromatic carbocycles. The van der Waals surface area contributed by atoms with E-state index in [4.69, 9.17) is 4.74 Å². The zero-order chi connectivity index (χ0) is 15.2. The maximum Gasteiger partial charge on any atom is 0.261 e. The van der Waals surface area contributed by atoms with Gasteiger partial charge in [-0.1, -0.05) is 36.4 Å². The Morgan fingerprint density at radius 2 is 1.90 bits per heavy atom. The number of carbonyl (C=O) groups excluding carboxylic acids is 1. The van der Waals surface area contributed by atoms with Crippen molar-refractivity contribution in [3.05, 3.63) is 65.2 Å². The van der Waals surface area contributed by atoms with E-state index in [2.05, 4.69) is 5.32 Å². The Kier molecular flexibility index (Phi) is 4.99. The molecule has 0 saturated carbocycles. The molecule has 3 nitrogen and oxygen atoms in total. The van der Waals surface area contributed by atoms with Crippen molar-refractivity contribution in [3.63, 3.8) is 0 Å². The standard InChI is InChI=1S/C18H21NO2/c1-13-7-6-10-17(11-13)21-15(3)18(20)19-12-16-9-5-4-8-14(16)2/h4-11,15H,12H2,1-3H3,(H,19,20)/t15-/m0/s1. The van der Waals surface area contributed by atoms with Gasteiger partial charge in [0.1, 0.15) is 5.75 Å². The van der Waals surface area contributed by atoms with E-state index in [1.54, 1.807) is 6.92 Å².